The Morgan fingerprint density at radius 1 is 1.23 bits per heavy atom. The van der Waals surface area contributed by atoms with Crippen LogP contribution in [-0.2, 0) is 16.0 Å². The lowest BCUT2D eigenvalue weighted by Gasteiger charge is -2.18. The molecule has 0 unspecified atom stereocenters. The number of nitrogens with one attached hydrogen (secondary N) is 1. The predicted molar refractivity (Wildman–Crippen MR) is 164 cm³/mol. The lowest BCUT2D eigenvalue weighted by molar-refractivity contribution is -0.150. The second-order valence-corrected chi connectivity index (χ2v) is 11.1. The lowest BCUT2D eigenvalue weighted by Crippen LogP contribution is -2.26. The van der Waals surface area contributed by atoms with Crippen LogP contribution in [0.2, 0.25) is 5.02 Å². The molecule has 4 N–H and O–H groups in total. The Kier molecular flexibility index (Phi) is 7.48. The minimum atomic E-state index is -0.708. The molecule has 12 nitrogen and oxygen atoms in total. The number of aromatic nitrogens is 5. The summed E-state index contributed by atoms with van der Waals surface area (Å²) in [6.45, 7) is 5.63. The van der Waals surface area contributed by atoms with Crippen molar-refractivity contribution >= 4 is 51.5 Å². The summed E-state index contributed by atoms with van der Waals surface area (Å²) in [6, 6.07) is 11.4. The van der Waals surface area contributed by atoms with Crippen molar-refractivity contribution in [3.63, 3.8) is 0 Å². The van der Waals surface area contributed by atoms with E-state index < -0.39 is 29.6 Å². The first-order valence-electron chi connectivity index (χ1n) is 13.8. The second-order valence-electron chi connectivity index (χ2n) is 10.7. The molecule has 44 heavy (non-hydrogen) atoms. The van der Waals surface area contributed by atoms with Gasteiger partial charge in [-0.25, -0.2) is 4.98 Å². The van der Waals surface area contributed by atoms with Gasteiger partial charge in [-0.15, -0.1) is 0 Å². The number of hydrogen-bond donors (Lipinski definition) is 3. The number of methoxy groups -OCH3 is 1. The largest absolute Gasteiger partial charge is 0.497 e. The van der Waals surface area contributed by atoms with Gasteiger partial charge >= 0.3 is 5.97 Å². The van der Waals surface area contributed by atoms with E-state index >= 15 is 0 Å². The highest BCUT2D eigenvalue weighted by Crippen LogP contribution is 2.42. The summed E-state index contributed by atoms with van der Waals surface area (Å²) < 4.78 is 14.6. The van der Waals surface area contributed by atoms with Crippen LogP contribution in [0.3, 0.4) is 0 Å². The van der Waals surface area contributed by atoms with Crippen molar-refractivity contribution in [1.29, 1.82) is 0 Å². The van der Waals surface area contributed by atoms with Gasteiger partial charge in [0.1, 0.15) is 11.9 Å². The van der Waals surface area contributed by atoms with Gasteiger partial charge in [0.05, 0.1) is 38.0 Å². The number of fused-ring (bicyclic) bond motifs is 2. The van der Waals surface area contributed by atoms with Crippen LogP contribution < -0.4 is 16.0 Å². The summed E-state index contributed by atoms with van der Waals surface area (Å²) in [5.74, 6) is -0.867. The maximum atomic E-state index is 13.6. The Morgan fingerprint density at radius 2 is 1.98 bits per heavy atom. The van der Waals surface area contributed by atoms with Gasteiger partial charge in [0, 0.05) is 34.0 Å². The van der Waals surface area contributed by atoms with Crippen molar-refractivity contribution in [3.8, 4) is 5.75 Å². The van der Waals surface area contributed by atoms with E-state index in [1.807, 2.05) is 0 Å². The monoisotopic (exact) mass is 616 g/mol. The van der Waals surface area contributed by atoms with Gasteiger partial charge in [-0.2, -0.15) is 4.98 Å². The molecule has 13 heteroatoms. The third-order valence-corrected chi connectivity index (χ3v) is 8.48. The van der Waals surface area contributed by atoms with E-state index in [1.54, 1.807) is 65.6 Å². The number of ether oxygens (including phenoxy) is 2. The number of carbonyl (C=O) groups is 2. The van der Waals surface area contributed by atoms with Crippen molar-refractivity contribution in [1.82, 2.24) is 24.1 Å². The Balaban J connectivity index is 1.30. The van der Waals surface area contributed by atoms with E-state index in [-0.39, 0.29) is 42.5 Å². The summed E-state index contributed by atoms with van der Waals surface area (Å²) in [5.41, 5.74) is 8.51. The Bertz CT molecular complexity index is 2010. The topological polar surface area (TPSA) is 167 Å². The van der Waals surface area contributed by atoms with Crippen LogP contribution in [0.4, 0.5) is 5.95 Å². The lowest BCUT2D eigenvalue weighted by atomic mass is 10.0. The summed E-state index contributed by atoms with van der Waals surface area (Å²) >= 11 is 6.03. The molecule has 1 aliphatic rings. The van der Waals surface area contributed by atoms with Crippen LogP contribution in [0.5, 0.6) is 5.75 Å². The van der Waals surface area contributed by atoms with E-state index in [1.165, 1.54) is 6.33 Å². The molecule has 3 aromatic heterocycles. The van der Waals surface area contributed by atoms with E-state index in [2.05, 4.69) is 21.5 Å². The van der Waals surface area contributed by atoms with Crippen molar-refractivity contribution < 1.29 is 24.2 Å². The molecule has 0 radical (unpaired) electrons. The number of aliphatic hydroxyl groups is 1. The molecule has 0 aliphatic heterocycles. The third kappa shape index (κ3) is 4.91. The normalized spacial score (nSPS) is 18.3. The van der Waals surface area contributed by atoms with Gasteiger partial charge in [-0.05, 0) is 60.5 Å². The third-order valence-electron chi connectivity index (χ3n) is 8.23. The van der Waals surface area contributed by atoms with Gasteiger partial charge in [0.25, 0.3) is 11.5 Å². The van der Waals surface area contributed by atoms with Crippen LogP contribution in [0, 0.1) is 12.8 Å². The molecule has 1 saturated carbocycles. The first kappa shape index (κ1) is 29.1. The Labute approximate surface area is 255 Å². The van der Waals surface area contributed by atoms with Crippen LogP contribution in [0.1, 0.15) is 34.1 Å². The van der Waals surface area contributed by atoms with Crippen molar-refractivity contribution in [2.24, 2.45) is 5.92 Å². The maximum Gasteiger partial charge on any atom is 0.310 e. The fraction of sp³-hybridized carbons (Fsp3) is 0.258. The second kappa shape index (κ2) is 11.3. The Morgan fingerprint density at radius 3 is 2.68 bits per heavy atom. The average molecular weight is 617 g/mol. The average Bonchev–Trinajstić information content (AvgIpc) is 3.64. The highest BCUT2D eigenvalue weighted by Gasteiger charge is 2.41. The van der Waals surface area contributed by atoms with Crippen molar-refractivity contribution in [2.75, 3.05) is 19.5 Å². The highest BCUT2D eigenvalue weighted by atomic mass is 35.5. The first-order chi connectivity index (χ1) is 21.1. The summed E-state index contributed by atoms with van der Waals surface area (Å²) in [7, 11) is 1.54. The summed E-state index contributed by atoms with van der Waals surface area (Å²) in [4.78, 5) is 50.2. The molecule has 0 amide bonds. The molecule has 0 bridgehead atoms. The summed E-state index contributed by atoms with van der Waals surface area (Å²) in [6.07, 6.45) is 0.897. The number of carbonyl (C=O) groups excluding carboxylic acids is 2. The van der Waals surface area contributed by atoms with Gasteiger partial charge < -0.3 is 24.9 Å². The zero-order valence-corrected chi connectivity index (χ0v) is 24.7. The maximum absolute atomic E-state index is 13.6. The SMILES string of the molecule is C=C1[C@H](CO)[C@@H](OC(=O)Cc2c(C)n(C(=O)c3ccc(Cl)cc3)c3ccc(OC)cc23)C[C@@H]1n1cnc2c(=O)[nH]c(N)nc21. The minimum Gasteiger partial charge on any atom is -0.497 e. The number of rotatable bonds is 7. The zero-order valence-electron chi connectivity index (χ0n) is 23.9. The van der Waals surface area contributed by atoms with Crippen LogP contribution in [0.25, 0.3) is 22.1 Å². The number of esters is 1. The number of benzene rings is 2. The van der Waals surface area contributed by atoms with Gasteiger partial charge in [-0.3, -0.25) is 23.9 Å². The molecule has 3 atom stereocenters. The molecule has 0 saturated heterocycles. The molecule has 3 heterocycles. The molecule has 1 fully saturated rings. The number of imidazole rings is 1. The number of anilines is 1. The number of aliphatic hydroxyl groups excluding tert-OH is 1. The zero-order chi connectivity index (χ0) is 31.3. The first-order valence-corrected chi connectivity index (χ1v) is 14.2. The Hall–Kier alpha value is -4.94. The fourth-order valence-corrected chi connectivity index (χ4v) is 6.13. The number of nitrogens with zero attached hydrogens (tertiary/aromatic N) is 4. The molecule has 0 spiro atoms. The molecular formula is C31H29ClN6O6. The number of H-pyrrole nitrogens is 1. The number of nitrogens with two attached hydrogens (primary N) is 1. The van der Waals surface area contributed by atoms with Crippen LogP contribution in [-0.4, -0.2) is 60.9 Å². The van der Waals surface area contributed by atoms with E-state index in [0.717, 1.165) is 0 Å². The molecule has 6 rings (SSSR count). The van der Waals surface area contributed by atoms with E-state index in [4.69, 9.17) is 26.8 Å². The predicted octanol–water partition coefficient (Wildman–Crippen LogP) is 3.58. The van der Waals surface area contributed by atoms with Gasteiger partial charge in [0.2, 0.25) is 5.95 Å². The van der Waals surface area contributed by atoms with Gasteiger partial charge in [-0.1, -0.05) is 18.2 Å². The van der Waals surface area contributed by atoms with Crippen molar-refractivity contribution in [3.05, 3.63) is 93.1 Å². The van der Waals surface area contributed by atoms with Gasteiger partial charge in [0.15, 0.2) is 11.2 Å². The van der Waals surface area contributed by atoms with Crippen molar-refractivity contribution in [2.45, 2.75) is 31.9 Å². The molecule has 226 valence electrons. The van der Waals surface area contributed by atoms with Crippen LogP contribution >= 0.6 is 11.6 Å². The van der Waals surface area contributed by atoms with Crippen LogP contribution in [0.15, 0.2) is 65.7 Å². The minimum absolute atomic E-state index is 0.0600. The molecule has 2 aromatic carbocycles. The number of nitrogen functional groups attached to an aromatic ring is 1. The molecule has 5 aromatic rings. The number of hydrogen-bond acceptors (Lipinski definition) is 9. The molecular weight excluding hydrogens is 588 g/mol. The number of halogens is 1. The summed E-state index contributed by atoms with van der Waals surface area (Å²) in [5, 5.41) is 11.4. The van der Waals surface area contributed by atoms with E-state index in [0.29, 0.717) is 44.1 Å². The fourth-order valence-electron chi connectivity index (χ4n) is 6.00. The smallest absolute Gasteiger partial charge is 0.310 e. The standard InChI is InChI=1S/C31H29ClN6O6/c1-15-22(13-39)25(12-24(15)37-14-34-27-28(37)35-31(33)36-29(27)41)44-26(40)11-20-16(2)38(23-9-8-19(43-3)10-21(20)23)30(42)17-4-6-18(32)7-5-17/h4-10,14,22,24-25,39H,1,11-13H2,2-3H3,(H3,33,35,36,41)/t22-,24-,25-/m0/s1. The van der Waals surface area contributed by atoms with E-state index in [9.17, 15) is 19.5 Å². The highest BCUT2D eigenvalue weighted by molar-refractivity contribution is 6.30. The quantitative estimate of drug-likeness (QED) is 0.183. The molecule has 1 aliphatic carbocycles. The number of aromatic amines is 1.